The molecule has 114 valence electrons. The lowest BCUT2D eigenvalue weighted by Crippen LogP contribution is -2.36. The van der Waals surface area contributed by atoms with Crippen LogP contribution < -0.4 is 5.73 Å². The first kappa shape index (κ1) is 15.9. The quantitative estimate of drug-likeness (QED) is 0.907. The van der Waals surface area contributed by atoms with Crippen molar-refractivity contribution in [1.29, 1.82) is 0 Å². The lowest BCUT2D eigenvalue weighted by Gasteiger charge is -2.41. The maximum absolute atomic E-state index is 5.96. The third-order valence-electron chi connectivity index (χ3n) is 4.65. The van der Waals surface area contributed by atoms with Gasteiger partial charge in [-0.15, -0.1) is 11.3 Å². The van der Waals surface area contributed by atoms with Gasteiger partial charge < -0.3 is 10.5 Å². The van der Waals surface area contributed by atoms with Crippen molar-refractivity contribution in [1.82, 2.24) is 4.98 Å². The van der Waals surface area contributed by atoms with E-state index >= 15 is 0 Å². The van der Waals surface area contributed by atoms with E-state index in [1.807, 2.05) is 7.11 Å². The van der Waals surface area contributed by atoms with Crippen LogP contribution in [0.1, 0.15) is 74.9 Å². The average molecular weight is 296 g/mol. The Morgan fingerprint density at radius 1 is 1.25 bits per heavy atom. The highest BCUT2D eigenvalue weighted by atomic mass is 32.1. The van der Waals surface area contributed by atoms with E-state index in [9.17, 15) is 0 Å². The standard InChI is InChI=1S/C16H28N2OS/c1-11(2)13-12(10-17)20-14(18-13)16(19-5)8-6-15(3,4)7-9-16/h11H,6-10,17H2,1-5H3. The molecule has 0 aliphatic heterocycles. The van der Waals surface area contributed by atoms with Crippen molar-refractivity contribution in [3.8, 4) is 0 Å². The zero-order valence-corrected chi connectivity index (χ0v) is 14.3. The molecule has 0 unspecified atom stereocenters. The molecule has 1 aromatic rings. The second-order valence-electron chi connectivity index (χ2n) is 7.05. The van der Waals surface area contributed by atoms with Crippen LogP contribution in [-0.2, 0) is 16.9 Å². The topological polar surface area (TPSA) is 48.1 Å². The van der Waals surface area contributed by atoms with Gasteiger partial charge in [0.2, 0.25) is 0 Å². The fourth-order valence-electron chi connectivity index (χ4n) is 2.99. The molecule has 1 aliphatic rings. The second kappa shape index (κ2) is 5.74. The van der Waals surface area contributed by atoms with E-state index in [0.29, 0.717) is 17.9 Å². The number of nitrogens with two attached hydrogens (primary N) is 1. The molecule has 20 heavy (non-hydrogen) atoms. The van der Waals surface area contributed by atoms with Gasteiger partial charge in [0.05, 0.1) is 5.69 Å². The van der Waals surface area contributed by atoms with Crippen LogP contribution in [-0.4, -0.2) is 12.1 Å². The number of ether oxygens (including phenoxy) is 1. The Kier molecular flexibility index (Phi) is 4.57. The maximum atomic E-state index is 5.96. The lowest BCUT2D eigenvalue weighted by molar-refractivity contribution is -0.0668. The van der Waals surface area contributed by atoms with Crippen molar-refractivity contribution in [2.75, 3.05) is 7.11 Å². The largest absolute Gasteiger partial charge is 0.371 e. The third kappa shape index (κ3) is 2.92. The summed E-state index contributed by atoms with van der Waals surface area (Å²) in [7, 11) is 1.83. The fourth-order valence-corrected chi connectivity index (χ4v) is 4.31. The number of hydrogen-bond donors (Lipinski definition) is 1. The molecule has 4 heteroatoms. The number of aromatic nitrogens is 1. The van der Waals surface area contributed by atoms with E-state index in [4.69, 9.17) is 15.5 Å². The molecule has 0 spiro atoms. The first-order valence-electron chi connectivity index (χ1n) is 7.59. The summed E-state index contributed by atoms with van der Waals surface area (Å²) in [5, 5.41) is 1.14. The highest BCUT2D eigenvalue weighted by Gasteiger charge is 2.42. The Bertz CT molecular complexity index is 455. The zero-order chi connectivity index (χ0) is 15.0. The van der Waals surface area contributed by atoms with Crippen LogP contribution in [0.3, 0.4) is 0 Å². The first-order chi connectivity index (χ1) is 9.33. The van der Waals surface area contributed by atoms with Crippen molar-refractivity contribution < 1.29 is 4.74 Å². The molecule has 2 N–H and O–H groups in total. The normalized spacial score (nSPS) is 21.4. The minimum absolute atomic E-state index is 0.183. The highest BCUT2D eigenvalue weighted by Crippen LogP contribution is 2.48. The van der Waals surface area contributed by atoms with Crippen molar-refractivity contribution >= 4 is 11.3 Å². The van der Waals surface area contributed by atoms with Crippen LogP contribution in [0.4, 0.5) is 0 Å². The van der Waals surface area contributed by atoms with Crippen molar-refractivity contribution in [2.45, 2.75) is 71.4 Å². The molecule has 1 aliphatic carbocycles. The van der Waals surface area contributed by atoms with Gasteiger partial charge in [-0.1, -0.05) is 27.7 Å². The minimum Gasteiger partial charge on any atom is -0.371 e. The van der Waals surface area contributed by atoms with Gasteiger partial charge in [-0.25, -0.2) is 4.98 Å². The predicted molar refractivity (Wildman–Crippen MR) is 85.0 cm³/mol. The Labute approximate surface area is 126 Å². The van der Waals surface area contributed by atoms with Crippen LogP contribution in [0, 0.1) is 5.41 Å². The fraction of sp³-hybridized carbons (Fsp3) is 0.812. The van der Waals surface area contributed by atoms with Crippen LogP contribution >= 0.6 is 11.3 Å². The van der Waals surface area contributed by atoms with Crippen LogP contribution in [0.15, 0.2) is 0 Å². The van der Waals surface area contributed by atoms with Crippen LogP contribution in [0.5, 0.6) is 0 Å². The highest BCUT2D eigenvalue weighted by molar-refractivity contribution is 7.11. The van der Waals surface area contributed by atoms with Gasteiger partial charge >= 0.3 is 0 Å². The summed E-state index contributed by atoms with van der Waals surface area (Å²) in [6.07, 6.45) is 4.50. The molecular formula is C16H28N2OS. The molecule has 1 heterocycles. The van der Waals surface area contributed by atoms with E-state index in [-0.39, 0.29) is 5.60 Å². The summed E-state index contributed by atoms with van der Waals surface area (Å²) in [6.45, 7) is 9.64. The molecule has 3 nitrogen and oxygen atoms in total. The molecule has 1 aromatic heterocycles. The van der Waals surface area contributed by atoms with Crippen LogP contribution in [0.25, 0.3) is 0 Å². The van der Waals surface area contributed by atoms with E-state index in [2.05, 4.69) is 27.7 Å². The van der Waals surface area contributed by atoms with Gasteiger partial charge in [-0.05, 0) is 37.0 Å². The second-order valence-corrected chi connectivity index (χ2v) is 8.13. The monoisotopic (exact) mass is 296 g/mol. The predicted octanol–water partition coefficient (Wildman–Crippen LogP) is 4.17. The van der Waals surface area contributed by atoms with Gasteiger partial charge in [-0.2, -0.15) is 0 Å². The molecular weight excluding hydrogens is 268 g/mol. The van der Waals surface area contributed by atoms with E-state index in [1.165, 1.54) is 17.7 Å². The smallest absolute Gasteiger partial charge is 0.125 e. The summed E-state index contributed by atoms with van der Waals surface area (Å²) < 4.78 is 5.96. The zero-order valence-electron chi connectivity index (χ0n) is 13.5. The summed E-state index contributed by atoms with van der Waals surface area (Å²) in [4.78, 5) is 6.13. The van der Waals surface area contributed by atoms with E-state index in [0.717, 1.165) is 23.5 Å². The summed E-state index contributed by atoms with van der Waals surface area (Å²) in [5.74, 6) is 0.424. The van der Waals surface area contributed by atoms with Crippen LogP contribution in [0.2, 0.25) is 0 Å². The summed E-state index contributed by atoms with van der Waals surface area (Å²) >= 11 is 1.76. The summed E-state index contributed by atoms with van der Waals surface area (Å²) in [6, 6.07) is 0. The SMILES string of the molecule is COC1(c2nc(C(C)C)c(CN)s2)CCC(C)(C)CC1. The lowest BCUT2D eigenvalue weighted by atomic mass is 9.71. The Balaban J connectivity index is 2.33. The molecule has 0 amide bonds. The Hall–Kier alpha value is -0.450. The van der Waals surface area contributed by atoms with Crippen molar-refractivity contribution in [3.05, 3.63) is 15.6 Å². The molecule has 2 rings (SSSR count). The number of rotatable bonds is 4. The number of methoxy groups -OCH3 is 1. The van der Waals surface area contributed by atoms with Crippen molar-refractivity contribution in [3.63, 3.8) is 0 Å². The average Bonchev–Trinajstić information content (AvgIpc) is 2.84. The molecule has 0 saturated heterocycles. The molecule has 0 bridgehead atoms. The molecule has 1 saturated carbocycles. The number of hydrogen-bond acceptors (Lipinski definition) is 4. The maximum Gasteiger partial charge on any atom is 0.125 e. The third-order valence-corrected chi connectivity index (χ3v) is 5.93. The van der Waals surface area contributed by atoms with E-state index in [1.54, 1.807) is 11.3 Å². The molecule has 0 aromatic carbocycles. The van der Waals surface area contributed by atoms with E-state index < -0.39 is 0 Å². The number of nitrogens with zero attached hydrogens (tertiary/aromatic N) is 1. The molecule has 0 radical (unpaired) electrons. The molecule has 0 atom stereocenters. The van der Waals surface area contributed by atoms with Gasteiger partial charge in [-0.3, -0.25) is 0 Å². The molecule has 1 fully saturated rings. The summed E-state index contributed by atoms with van der Waals surface area (Å²) in [5.41, 5.74) is 7.29. The van der Waals surface area contributed by atoms with Gasteiger partial charge in [0, 0.05) is 18.5 Å². The minimum atomic E-state index is -0.183. The number of thiazole rings is 1. The Morgan fingerprint density at radius 2 is 1.85 bits per heavy atom. The van der Waals surface area contributed by atoms with Gasteiger partial charge in [0.1, 0.15) is 10.6 Å². The van der Waals surface area contributed by atoms with Gasteiger partial charge in [0.25, 0.3) is 0 Å². The Morgan fingerprint density at radius 3 is 2.25 bits per heavy atom. The van der Waals surface area contributed by atoms with Crippen molar-refractivity contribution in [2.24, 2.45) is 11.1 Å². The first-order valence-corrected chi connectivity index (χ1v) is 8.40. The van der Waals surface area contributed by atoms with Gasteiger partial charge in [0.15, 0.2) is 0 Å².